The Labute approximate surface area is 91.8 Å². The van der Waals surface area contributed by atoms with Crippen LogP contribution < -0.4 is 0 Å². The van der Waals surface area contributed by atoms with Crippen LogP contribution >= 0.6 is 0 Å². The van der Waals surface area contributed by atoms with Gasteiger partial charge in [-0.15, -0.1) is 0 Å². The van der Waals surface area contributed by atoms with E-state index in [1.165, 1.54) is 24.0 Å². The summed E-state index contributed by atoms with van der Waals surface area (Å²) in [5.74, 6) is 1.13. The van der Waals surface area contributed by atoms with E-state index in [-0.39, 0.29) is 0 Å². The molecule has 1 heteroatoms. The van der Waals surface area contributed by atoms with Gasteiger partial charge in [0, 0.05) is 6.42 Å². The highest BCUT2D eigenvalue weighted by Crippen LogP contribution is 2.24. The average Bonchev–Trinajstić information content (AvgIpc) is 2.29. The standard InChI is InChI=1S/C14H17O/c1-2-3-4-9-14-10-12-7-5-6-8-13(12)11-15-14/h5-8,10H,1-4,9,11H2. The maximum Gasteiger partial charge on any atom is 0.113 e. The Morgan fingerprint density at radius 1 is 1.20 bits per heavy atom. The highest BCUT2D eigenvalue weighted by atomic mass is 16.5. The molecule has 79 valence electrons. The molecule has 1 aliphatic rings. The van der Waals surface area contributed by atoms with Crippen molar-refractivity contribution in [2.75, 3.05) is 0 Å². The van der Waals surface area contributed by atoms with Crippen molar-refractivity contribution >= 4 is 6.08 Å². The fourth-order valence-electron chi connectivity index (χ4n) is 1.81. The molecule has 1 radical (unpaired) electrons. The van der Waals surface area contributed by atoms with Crippen LogP contribution in [0.2, 0.25) is 0 Å². The largest absolute Gasteiger partial charge is 0.493 e. The highest BCUT2D eigenvalue weighted by Gasteiger charge is 2.09. The van der Waals surface area contributed by atoms with Gasteiger partial charge in [0.2, 0.25) is 0 Å². The van der Waals surface area contributed by atoms with Crippen LogP contribution in [0.1, 0.15) is 36.8 Å². The predicted molar refractivity (Wildman–Crippen MR) is 63.0 cm³/mol. The monoisotopic (exact) mass is 201 g/mol. The Morgan fingerprint density at radius 3 is 2.93 bits per heavy atom. The van der Waals surface area contributed by atoms with Crippen LogP contribution in [0.3, 0.4) is 0 Å². The van der Waals surface area contributed by atoms with E-state index in [1.54, 1.807) is 0 Å². The maximum absolute atomic E-state index is 5.69. The second-order valence-corrected chi connectivity index (χ2v) is 3.91. The van der Waals surface area contributed by atoms with E-state index in [2.05, 4.69) is 37.3 Å². The zero-order chi connectivity index (χ0) is 10.5. The first-order valence-electron chi connectivity index (χ1n) is 5.60. The lowest BCUT2D eigenvalue weighted by atomic mass is 10.0. The van der Waals surface area contributed by atoms with E-state index in [0.717, 1.165) is 25.2 Å². The van der Waals surface area contributed by atoms with E-state index in [0.29, 0.717) is 0 Å². The molecule has 1 aliphatic heterocycles. The van der Waals surface area contributed by atoms with Crippen molar-refractivity contribution in [2.24, 2.45) is 0 Å². The first-order chi connectivity index (χ1) is 7.40. The zero-order valence-corrected chi connectivity index (χ0v) is 9.04. The Bertz CT molecular complexity index is 352. The van der Waals surface area contributed by atoms with E-state index in [4.69, 9.17) is 4.74 Å². The molecule has 0 N–H and O–H groups in total. The molecule has 0 bridgehead atoms. The lowest BCUT2D eigenvalue weighted by molar-refractivity contribution is 0.186. The van der Waals surface area contributed by atoms with Gasteiger partial charge in [-0.25, -0.2) is 0 Å². The van der Waals surface area contributed by atoms with Crippen molar-refractivity contribution in [1.82, 2.24) is 0 Å². The first kappa shape index (κ1) is 10.3. The van der Waals surface area contributed by atoms with Crippen molar-refractivity contribution in [1.29, 1.82) is 0 Å². The summed E-state index contributed by atoms with van der Waals surface area (Å²) in [6.07, 6.45) is 6.59. The van der Waals surface area contributed by atoms with Crippen molar-refractivity contribution in [3.63, 3.8) is 0 Å². The lowest BCUT2D eigenvalue weighted by Gasteiger charge is -2.17. The van der Waals surface area contributed by atoms with Gasteiger partial charge in [0.25, 0.3) is 0 Å². The summed E-state index contributed by atoms with van der Waals surface area (Å²) < 4.78 is 5.69. The molecular weight excluding hydrogens is 184 g/mol. The Kier molecular flexibility index (Phi) is 3.44. The maximum atomic E-state index is 5.69. The van der Waals surface area contributed by atoms with Gasteiger partial charge < -0.3 is 4.74 Å². The van der Waals surface area contributed by atoms with Gasteiger partial charge in [-0.2, -0.15) is 0 Å². The van der Waals surface area contributed by atoms with Crippen LogP contribution in [-0.4, -0.2) is 0 Å². The number of hydrogen-bond donors (Lipinski definition) is 0. The van der Waals surface area contributed by atoms with Crippen molar-refractivity contribution in [3.05, 3.63) is 48.1 Å². The van der Waals surface area contributed by atoms with Gasteiger partial charge in [0.1, 0.15) is 6.61 Å². The van der Waals surface area contributed by atoms with Gasteiger partial charge in [0.05, 0.1) is 5.76 Å². The summed E-state index contributed by atoms with van der Waals surface area (Å²) in [4.78, 5) is 0. The molecule has 15 heavy (non-hydrogen) atoms. The molecule has 1 aromatic carbocycles. The average molecular weight is 201 g/mol. The van der Waals surface area contributed by atoms with Crippen LogP contribution in [0, 0.1) is 6.92 Å². The van der Waals surface area contributed by atoms with Gasteiger partial charge in [0.15, 0.2) is 0 Å². The Morgan fingerprint density at radius 2 is 2.07 bits per heavy atom. The molecule has 0 saturated heterocycles. The SMILES string of the molecule is [CH2]CCCCC1=Cc2ccccc2CO1. The summed E-state index contributed by atoms with van der Waals surface area (Å²) in [5, 5.41) is 0. The molecule has 0 aromatic heterocycles. The Balaban J connectivity index is 2.02. The molecule has 0 saturated carbocycles. The fourth-order valence-corrected chi connectivity index (χ4v) is 1.81. The Hall–Kier alpha value is -1.24. The van der Waals surface area contributed by atoms with Crippen molar-refractivity contribution in [2.45, 2.75) is 32.3 Å². The van der Waals surface area contributed by atoms with Gasteiger partial charge in [-0.3, -0.25) is 0 Å². The molecule has 0 fully saturated rings. The third-order valence-corrected chi connectivity index (χ3v) is 2.71. The highest BCUT2D eigenvalue weighted by molar-refractivity contribution is 5.56. The third kappa shape index (κ3) is 2.62. The summed E-state index contributed by atoms with van der Waals surface area (Å²) in [6.45, 7) is 4.57. The molecule has 1 nitrogen and oxygen atoms in total. The number of rotatable bonds is 4. The number of hydrogen-bond acceptors (Lipinski definition) is 1. The van der Waals surface area contributed by atoms with E-state index < -0.39 is 0 Å². The van der Waals surface area contributed by atoms with Crippen LogP contribution in [0.15, 0.2) is 30.0 Å². The van der Waals surface area contributed by atoms with Crippen molar-refractivity contribution < 1.29 is 4.74 Å². The van der Waals surface area contributed by atoms with Crippen LogP contribution in [0.5, 0.6) is 0 Å². The minimum Gasteiger partial charge on any atom is -0.493 e. The molecule has 2 rings (SSSR count). The molecular formula is C14H17O. The predicted octanol–water partition coefficient (Wildman–Crippen LogP) is 3.95. The molecule has 0 atom stereocenters. The normalized spacial score (nSPS) is 14.1. The molecule has 0 unspecified atom stereocenters. The molecule has 0 spiro atoms. The van der Waals surface area contributed by atoms with Crippen LogP contribution in [0.4, 0.5) is 0 Å². The summed E-state index contributed by atoms with van der Waals surface area (Å²) >= 11 is 0. The number of unbranched alkanes of at least 4 members (excludes halogenated alkanes) is 2. The number of allylic oxidation sites excluding steroid dienone is 1. The minimum atomic E-state index is 0.729. The summed E-state index contributed by atoms with van der Waals surface area (Å²) in [7, 11) is 0. The molecule has 1 heterocycles. The molecule has 0 aliphatic carbocycles. The second-order valence-electron chi connectivity index (χ2n) is 3.91. The van der Waals surface area contributed by atoms with E-state index in [1.807, 2.05) is 0 Å². The summed E-state index contributed by atoms with van der Waals surface area (Å²) in [5.41, 5.74) is 2.60. The van der Waals surface area contributed by atoms with Crippen LogP contribution in [0.25, 0.3) is 6.08 Å². The van der Waals surface area contributed by atoms with Gasteiger partial charge in [-0.05, 0) is 23.6 Å². The quantitative estimate of drug-likeness (QED) is 0.670. The zero-order valence-electron chi connectivity index (χ0n) is 9.04. The first-order valence-corrected chi connectivity index (χ1v) is 5.60. The number of fused-ring (bicyclic) bond motifs is 1. The fraction of sp³-hybridized carbons (Fsp3) is 0.357. The molecule has 1 aromatic rings. The third-order valence-electron chi connectivity index (χ3n) is 2.71. The second kappa shape index (κ2) is 5.01. The smallest absolute Gasteiger partial charge is 0.113 e. The molecule has 0 amide bonds. The topological polar surface area (TPSA) is 9.23 Å². The van der Waals surface area contributed by atoms with Crippen LogP contribution in [-0.2, 0) is 11.3 Å². The van der Waals surface area contributed by atoms with Crippen molar-refractivity contribution in [3.8, 4) is 0 Å². The van der Waals surface area contributed by atoms with Gasteiger partial charge >= 0.3 is 0 Å². The van der Waals surface area contributed by atoms with E-state index in [9.17, 15) is 0 Å². The minimum absolute atomic E-state index is 0.729. The van der Waals surface area contributed by atoms with E-state index >= 15 is 0 Å². The van der Waals surface area contributed by atoms with Gasteiger partial charge in [-0.1, -0.05) is 44.0 Å². The number of ether oxygens (including phenoxy) is 1. The lowest BCUT2D eigenvalue weighted by Crippen LogP contribution is -2.02. The number of benzene rings is 1. The summed E-state index contributed by atoms with van der Waals surface area (Å²) in [6, 6.07) is 8.41.